The van der Waals surface area contributed by atoms with Crippen LogP contribution in [0, 0.1) is 6.92 Å². The molecule has 2 aromatic heterocycles. The van der Waals surface area contributed by atoms with E-state index in [9.17, 15) is 8.42 Å². The third-order valence-electron chi connectivity index (χ3n) is 3.44. The zero-order chi connectivity index (χ0) is 17.9. The topological polar surface area (TPSA) is 116 Å². The van der Waals surface area contributed by atoms with E-state index >= 15 is 0 Å². The van der Waals surface area contributed by atoms with Crippen LogP contribution < -0.4 is 10.6 Å². The van der Waals surface area contributed by atoms with Gasteiger partial charge in [0.2, 0.25) is 15.2 Å². The molecule has 0 aliphatic heterocycles. The summed E-state index contributed by atoms with van der Waals surface area (Å²) in [6.45, 7) is 2.06. The number of sulfonamides is 1. The maximum absolute atomic E-state index is 12.1. The Morgan fingerprint density at radius 2 is 2.00 bits per heavy atom. The summed E-state index contributed by atoms with van der Waals surface area (Å²) in [7, 11) is -3.51. The number of nitrogens with one attached hydrogen (secondary N) is 1. The van der Waals surface area contributed by atoms with Crippen molar-refractivity contribution in [2.24, 2.45) is 0 Å². The smallest absolute Gasteiger partial charge is 0.240 e. The molecule has 0 fully saturated rings. The van der Waals surface area contributed by atoms with Gasteiger partial charge in [0.05, 0.1) is 16.7 Å². The average molecular weight is 379 g/mol. The number of benzene rings is 1. The maximum atomic E-state index is 12.1. The molecule has 0 saturated heterocycles. The summed E-state index contributed by atoms with van der Waals surface area (Å²) in [5.41, 5.74) is 0.770. The first-order valence-electron chi connectivity index (χ1n) is 7.41. The van der Waals surface area contributed by atoms with E-state index in [1.54, 1.807) is 42.7 Å². The Bertz CT molecular complexity index is 951. The lowest BCUT2D eigenvalue weighted by atomic mass is 10.2. The van der Waals surface area contributed by atoms with Crippen LogP contribution in [-0.2, 0) is 10.0 Å². The van der Waals surface area contributed by atoms with E-state index in [0.717, 1.165) is 5.56 Å². The fourth-order valence-electron chi connectivity index (χ4n) is 2.18. The molecule has 8 nitrogen and oxygen atoms in total. The van der Waals surface area contributed by atoms with Gasteiger partial charge in [-0.25, -0.2) is 17.8 Å². The largest absolute Gasteiger partial charge is 0.469 e. The summed E-state index contributed by atoms with van der Waals surface area (Å²) < 4.78 is 33.4. The fourth-order valence-corrected chi connectivity index (χ4v) is 4.07. The van der Waals surface area contributed by atoms with Gasteiger partial charge in [0.25, 0.3) is 0 Å². The van der Waals surface area contributed by atoms with Gasteiger partial charge >= 0.3 is 0 Å². The Hall–Kier alpha value is -2.30. The standard InChI is InChI=1S/C15H17N5O3S2/c1-11-13(7-9-23-11)14-18-19-15(20(14)16)24-10-8-17-25(21,22)12-5-3-2-4-6-12/h2-7,9,17H,8,10,16H2,1H3. The van der Waals surface area contributed by atoms with Gasteiger partial charge in [0.15, 0.2) is 5.82 Å². The van der Waals surface area contributed by atoms with Crippen LogP contribution in [0.3, 0.4) is 0 Å². The van der Waals surface area contributed by atoms with Crippen LogP contribution in [-0.4, -0.2) is 35.6 Å². The second kappa shape index (κ2) is 7.30. The Morgan fingerprint density at radius 3 is 2.68 bits per heavy atom. The Labute approximate surface area is 149 Å². The van der Waals surface area contributed by atoms with Crippen LogP contribution in [0.1, 0.15) is 5.76 Å². The number of hydrogen-bond acceptors (Lipinski definition) is 7. The molecule has 0 spiro atoms. The fraction of sp³-hybridized carbons (Fsp3) is 0.200. The highest BCUT2D eigenvalue weighted by atomic mass is 32.2. The van der Waals surface area contributed by atoms with Gasteiger partial charge in [-0.05, 0) is 25.1 Å². The van der Waals surface area contributed by atoms with Crippen LogP contribution >= 0.6 is 11.8 Å². The van der Waals surface area contributed by atoms with Crippen molar-refractivity contribution in [3.63, 3.8) is 0 Å². The zero-order valence-electron chi connectivity index (χ0n) is 13.4. The predicted molar refractivity (Wildman–Crippen MR) is 95.0 cm³/mol. The molecule has 25 heavy (non-hydrogen) atoms. The normalized spacial score (nSPS) is 11.7. The quantitative estimate of drug-likeness (QED) is 0.364. The number of hydrogen-bond donors (Lipinski definition) is 2. The molecule has 10 heteroatoms. The van der Waals surface area contributed by atoms with Crippen LogP contribution in [0.5, 0.6) is 0 Å². The van der Waals surface area contributed by atoms with Gasteiger partial charge in [0.1, 0.15) is 5.76 Å². The van der Waals surface area contributed by atoms with Crippen LogP contribution in [0.15, 0.2) is 57.1 Å². The molecule has 3 rings (SSSR count). The minimum absolute atomic E-state index is 0.236. The number of nitrogens with two attached hydrogens (primary N) is 1. The first-order chi connectivity index (χ1) is 12.0. The second-order valence-electron chi connectivity index (χ2n) is 5.13. The number of thioether (sulfide) groups is 1. The molecule has 0 aliphatic carbocycles. The number of furan rings is 1. The lowest BCUT2D eigenvalue weighted by molar-refractivity contribution is 0.535. The molecular formula is C15H17N5O3S2. The Morgan fingerprint density at radius 1 is 1.24 bits per heavy atom. The highest BCUT2D eigenvalue weighted by Crippen LogP contribution is 2.24. The van der Waals surface area contributed by atoms with Crippen molar-refractivity contribution in [3.05, 3.63) is 48.4 Å². The van der Waals surface area contributed by atoms with Gasteiger partial charge < -0.3 is 10.3 Å². The van der Waals surface area contributed by atoms with Crippen molar-refractivity contribution < 1.29 is 12.8 Å². The van der Waals surface area contributed by atoms with Gasteiger partial charge in [-0.1, -0.05) is 30.0 Å². The third-order valence-corrected chi connectivity index (χ3v) is 5.86. The van der Waals surface area contributed by atoms with Crippen LogP contribution in [0.2, 0.25) is 0 Å². The Kier molecular flexibility index (Phi) is 5.11. The van der Waals surface area contributed by atoms with E-state index in [4.69, 9.17) is 10.3 Å². The van der Waals surface area contributed by atoms with E-state index in [0.29, 0.717) is 22.5 Å². The molecule has 2 heterocycles. The van der Waals surface area contributed by atoms with E-state index < -0.39 is 10.0 Å². The van der Waals surface area contributed by atoms with E-state index in [1.165, 1.54) is 16.4 Å². The molecule has 132 valence electrons. The van der Waals surface area contributed by atoms with Gasteiger partial charge in [-0.3, -0.25) is 0 Å². The average Bonchev–Trinajstić information content (AvgIpc) is 3.18. The molecule has 0 aliphatic rings. The van der Waals surface area contributed by atoms with Crippen molar-refractivity contribution in [3.8, 4) is 11.4 Å². The molecule has 0 amide bonds. The molecule has 1 aromatic carbocycles. The first-order valence-corrected chi connectivity index (χ1v) is 9.88. The van der Waals surface area contributed by atoms with Crippen molar-refractivity contribution in [1.29, 1.82) is 0 Å². The lowest BCUT2D eigenvalue weighted by Gasteiger charge is -2.06. The van der Waals surface area contributed by atoms with Crippen molar-refractivity contribution in [1.82, 2.24) is 19.6 Å². The molecule has 0 unspecified atom stereocenters. The summed E-state index contributed by atoms with van der Waals surface area (Å²) >= 11 is 1.31. The summed E-state index contributed by atoms with van der Waals surface area (Å²) in [4.78, 5) is 0.236. The van der Waals surface area contributed by atoms with Crippen LogP contribution in [0.25, 0.3) is 11.4 Å². The number of aromatic nitrogens is 3. The number of aryl methyl sites for hydroxylation is 1. The highest BCUT2D eigenvalue weighted by molar-refractivity contribution is 7.99. The van der Waals surface area contributed by atoms with E-state index in [2.05, 4.69) is 14.9 Å². The first kappa shape index (κ1) is 17.5. The zero-order valence-corrected chi connectivity index (χ0v) is 15.0. The molecule has 0 saturated carbocycles. The SMILES string of the molecule is Cc1occc1-c1nnc(SCCNS(=O)(=O)c2ccccc2)n1N. The van der Waals surface area contributed by atoms with Crippen LogP contribution in [0.4, 0.5) is 0 Å². The molecule has 3 N–H and O–H groups in total. The van der Waals surface area contributed by atoms with Crippen molar-refractivity contribution in [2.45, 2.75) is 17.0 Å². The lowest BCUT2D eigenvalue weighted by Crippen LogP contribution is -2.26. The summed E-state index contributed by atoms with van der Waals surface area (Å²) in [6, 6.07) is 9.99. The minimum atomic E-state index is -3.51. The number of rotatable bonds is 7. The highest BCUT2D eigenvalue weighted by Gasteiger charge is 2.16. The van der Waals surface area contributed by atoms with Gasteiger partial charge in [-0.2, -0.15) is 0 Å². The predicted octanol–water partition coefficient (Wildman–Crippen LogP) is 1.63. The minimum Gasteiger partial charge on any atom is -0.469 e. The van der Waals surface area contributed by atoms with E-state index in [-0.39, 0.29) is 11.4 Å². The summed E-state index contributed by atoms with van der Waals surface area (Å²) in [6.07, 6.45) is 1.56. The Balaban J connectivity index is 1.58. The molecule has 3 aromatic rings. The van der Waals surface area contributed by atoms with Crippen molar-refractivity contribution in [2.75, 3.05) is 18.1 Å². The van der Waals surface area contributed by atoms with Gasteiger partial charge in [0, 0.05) is 12.3 Å². The molecule has 0 atom stereocenters. The second-order valence-corrected chi connectivity index (χ2v) is 7.95. The maximum Gasteiger partial charge on any atom is 0.240 e. The van der Waals surface area contributed by atoms with Crippen molar-refractivity contribution >= 4 is 21.8 Å². The molecule has 0 bridgehead atoms. The molecule has 0 radical (unpaired) electrons. The number of nitrogens with zero attached hydrogens (tertiary/aromatic N) is 3. The summed E-state index contributed by atoms with van der Waals surface area (Å²) in [5, 5.41) is 8.59. The van der Waals surface area contributed by atoms with Gasteiger partial charge in [-0.15, -0.1) is 10.2 Å². The summed E-state index contributed by atoms with van der Waals surface area (Å²) in [5.74, 6) is 7.68. The molecular weight excluding hydrogens is 362 g/mol. The monoisotopic (exact) mass is 379 g/mol. The van der Waals surface area contributed by atoms with E-state index in [1.807, 2.05) is 6.92 Å². The third kappa shape index (κ3) is 3.86. The number of nitrogen functional groups attached to an aromatic ring is 1.